The number of nitrogens with one attached hydrogen (secondary N) is 2. The highest BCUT2D eigenvalue weighted by Crippen LogP contribution is 2.26. The van der Waals surface area contributed by atoms with E-state index in [4.69, 9.17) is 0 Å². The molecule has 3 rings (SSSR count). The molecular formula is C24H34FN3O3. The summed E-state index contributed by atoms with van der Waals surface area (Å²) in [5.41, 5.74) is 0.314. The van der Waals surface area contributed by atoms with Crippen molar-refractivity contribution in [2.75, 3.05) is 13.1 Å². The summed E-state index contributed by atoms with van der Waals surface area (Å²) in [5.74, 6) is -0.687. The van der Waals surface area contributed by atoms with Gasteiger partial charge in [0, 0.05) is 30.6 Å². The molecule has 7 heteroatoms. The van der Waals surface area contributed by atoms with Crippen molar-refractivity contribution in [1.29, 1.82) is 0 Å². The fourth-order valence-corrected chi connectivity index (χ4v) is 4.50. The Morgan fingerprint density at radius 3 is 2.16 bits per heavy atom. The number of nitrogens with zero attached hydrogens (tertiary/aromatic N) is 1. The van der Waals surface area contributed by atoms with Crippen LogP contribution in [0.4, 0.5) is 4.39 Å². The van der Waals surface area contributed by atoms with Gasteiger partial charge in [0.1, 0.15) is 11.9 Å². The molecule has 2 aliphatic rings. The van der Waals surface area contributed by atoms with Crippen LogP contribution in [0.2, 0.25) is 0 Å². The molecule has 6 nitrogen and oxygen atoms in total. The van der Waals surface area contributed by atoms with Gasteiger partial charge in [-0.1, -0.05) is 33.1 Å². The van der Waals surface area contributed by atoms with E-state index in [1.807, 2.05) is 18.7 Å². The standard InChI is InChI=1S/C24H34FN3O3/c1-16(2)21(27-22(29)17-8-10-19(25)11-9-17)23(30)26-20-12-14-28(15-13-20)24(31)18-6-4-3-5-7-18/h8-11,16,18,20-21H,3-7,12-15H2,1-2H3,(H,26,30)(H,27,29). The van der Waals surface area contributed by atoms with Crippen molar-refractivity contribution in [3.63, 3.8) is 0 Å². The van der Waals surface area contributed by atoms with Crippen molar-refractivity contribution in [2.24, 2.45) is 11.8 Å². The Labute approximate surface area is 183 Å². The van der Waals surface area contributed by atoms with Crippen molar-refractivity contribution < 1.29 is 18.8 Å². The van der Waals surface area contributed by atoms with Gasteiger partial charge in [0.25, 0.3) is 5.91 Å². The number of hydrogen-bond donors (Lipinski definition) is 2. The first kappa shape index (κ1) is 23.2. The summed E-state index contributed by atoms with van der Waals surface area (Å²) >= 11 is 0. The SMILES string of the molecule is CC(C)C(NC(=O)c1ccc(F)cc1)C(=O)NC1CCN(C(=O)C2CCCCC2)CC1. The number of amides is 3. The predicted molar refractivity (Wildman–Crippen MR) is 117 cm³/mol. The van der Waals surface area contributed by atoms with Gasteiger partial charge in [0.05, 0.1) is 0 Å². The van der Waals surface area contributed by atoms with E-state index in [1.54, 1.807) is 0 Å². The zero-order chi connectivity index (χ0) is 22.4. The Hall–Kier alpha value is -2.44. The first-order valence-corrected chi connectivity index (χ1v) is 11.5. The van der Waals surface area contributed by atoms with Crippen molar-refractivity contribution in [3.05, 3.63) is 35.6 Å². The van der Waals surface area contributed by atoms with E-state index in [1.165, 1.54) is 30.7 Å². The van der Waals surface area contributed by atoms with Crippen LogP contribution in [0.5, 0.6) is 0 Å². The van der Waals surface area contributed by atoms with E-state index in [9.17, 15) is 18.8 Å². The van der Waals surface area contributed by atoms with Crippen LogP contribution in [0.3, 0.4) is 0 Å². The largest absolute Gasteiger partial charge is 0.351 e. The molecule has 1 aromatic carbocycles. The van der Waals surface area contributed by atoms with Gasteiger partial charge in [0.2, 0.25) is 11.8 Å². The minimum absolute atomic E-state index is 0.00752. The minimum Gasteiger partial charge on any atom is -0.351 e. The molecule has 170 valence electrons. The number of likely N-dealkylation sites (tertiary alicyclic amines) is 1. The van der Waals surface area contributed by atoms with Crippen LogP contribution in [0.1, 0.15) is 69.2 Å². The molecule has 1 aliphatic carbocycles. The Morgan fingerprint density at radius 2 is 1.58 bits per heavy atom. The first-order valence-electron chi connectivity index (χ1n) is 11.5. The number of halogens is 1. The highest BCUT2D eigenvalue weighted by atomic mass is 19.1. The average molecular weight is 432 g/mol. The molecule has 1 aliphatic heterocycles. The number of carbonyl (C=O) groups excluding carboxylic acids is 3. The molecule has 0 bridgehead atoms. The quantitative estimate of drug-likeness (QED) is 0.726. The predicted octanol–water partition coefficient (Wildman–Crippen LogP) is 3.27. The van der Waals surface area contributed by atoms with Crippen molar-refractivity contribution in [2.45, 2.75) is 70.9 Å². The number of benzene rings is 1. The van der Waals surface area contributed by atoms with Crippen LogP contribution in [-0.2, 0) is 9.59 Å². The minimum atomic E-state index is -0.681. The maximum atomic E-state index is 13.1. The summed E-state index contributed by atoms with van der Waals surface area (Å²) in [6, 6.07) is 4.56. The lowest BCUT2D eigenvalue weighted by molar-refractivity contribution is -0.137. The number of hydrogen-bond acceptors (Lipinski definition) is 3. The Balaban J connectivity index is 1.50. The van der Waals surface area contributed by atoms with E-state index < -0.39 is 17.8 Å². The van der Waals surface area contributed by atoms with Crippen LogP contribution < -0.4 is 10.6 Å². The zero-order valence-electron chi connectivity index (χ0n) is 18.5. The van der Waals surface area contributed by atoms with Crippen LogP contribution in [-0.4, -0.2) is 47.8 Å². The van der Waals surface area contributed by atoms with Crippen LogP contribution in [0.25, 0.3) is 0 Å². The molecule has 0 aromatic heterocycles. The van der Waals surface area contributed by atoms with Crippen molar-refractivity contribution in [3.8, 4) is 0 Å². The summed E-state index contributed by atoms with van der Waals surface area (Å²) in [6.45, 7) is 5.07. The first-order chi connectivity index (χ1) is 14.8. The third-order valence-corrected chi connectivity index (χ3v) is 6.45. The van der Waals surface area contributed by atoms with Gasteiger partial charge in [-0.3, -0.25) is 14.4 Å². The highest BCUT2D eigenvalue weighted by molar-refractivity contribution is 5.97. The lowest BCUT2D eigenvalue weighted by Crippen LogP contribution is -2.54. The summed E-state index contributed by atoms with van der Waals surface area (Å²) in [7, 11) is 0. The summed E-state index contributed by atoms with van der Waals surface area (Å²) in [5, 5.41) is 5.83. The molecule has 1 saturated heterocycles. The second-order valence-electron chi connectivity index (χ2n) is 9.15. The Bertz CT molecular complexity index is 767. The van der Waals surface area contributed by atoms with Gasteiger partial charge in [-0.15, -0.1) is 0 Å². The molecule has 31 heavy (non-hydrogen) atoms. The molecule has 1 heterocycles. The molecule has 0 radical (unpaired) electrons. The Kier molecular flexibility index (Phi) is 8.04. The summed E-state index contributed by atoms with van der Waals surface area (Å²) < 4.78 is 13.1. The molecule has 2 fully saturated rings. The zero-order valence-corrected chi connectivity index (χ0v) is 18.5. The molecule has 0 spiro atoms. The number of piperidine rings is 1. The lowest BCUT2D eigenvalue weighted by atomic mass is 9.87. The molecule has 3 amide bonds. The molecule has 1 atom stereocenters. The van der Waals surface area contributed by atoms with Crippen LogP contribution >= 0.6 is 0 Å². The van der Waals surface area contributed by atoms with E-state index in [0.29, 0.717) is 18.7 Å². The van der Waals surface area contributed by atoms with Crippen molar-refractivity contribution in [1.82, 2.24) is 15.5 Å². The summed E-state index contributed by atoms with van der Waals surface area (Å²) in [4.78, 5) is 40.0. The highest BCUT2D eigenvalue weighted by Gasteiger charge is 2.31. The molecule has 2 N–H and O–H groups in total. The molecule has 1 unspecified atom stereocenters. The maximum Gasteiger partial charge on any atom is 0.251 e. The average Bonchev–Trinajstić information content (AvgIpc) is 2.78. The number of carbonyl (C=O) groups is 3. The normalized spacial score (nSPS) is 19.2. The third kappa shape index (κ3) is 6.28. The van der Waals surface area contributed by atoms with Gasteiger partial charge >= 0.3 is 0 Å². The lowest BCUT2D eigenvalue weighted by Gasteiger charge is -2.36. The van der Waals surface area contributed by atoms with Gasteiger partial charge < -0.3 is 15.5 Å². The van der Waals surface area contributed by atoms with E-state index in [-0.39, 0.29) is 29.7 Å². The van der Waals surface area contributed by atoms with E-state index in [2.05, 4.69) is 10.6 Å². The molecule has 1 saturated carbocycles. The fourth-order valence-electron chi connectivity index (χ4n) is 4.50. The monoisotopic (exact) mass is 431 g/mol. The topological polar surface area (TPSA) is 78.5 Å². The maximum absolute atomic E-state index is 13.1. The van der Waals surface area contributed by atoms with Gasteiger partial charge in [-0.2, -0.15) is 0 Å². The second kappa shape index (κ2) is 10.7. The molecular weight excluding hydrogens is 397 g/mol. The number of rotatable bonds is 6. The smallest absolute Gasteiger partial charge is 0.251 e. The summed E-state index contributed by atoms with van der Waals surface area (Å²) in [6.07, 6.45) is 6.96. The van der Waals surface area contributed by atoms with Crippen molar-refractivity contribution >= 4 is 17.7 Å². The van der Waals surface area contributed by atoms with Gasteiger partial charge in [-0.05, 0) is 55.9 Å². The second-order valence-corrected chi connectivity index (χ2v) is 9.15. The van der Waals surface area contributed by atoms with Gasteiger partial charge in [-0.25, -0.2) is 4.39 Å². The third-order valence-electron chi connectivity index (χ3n) is 6.45. The van der Waals surface area contributed by atoms with Crippen LogP contribution in [0.15, 0.2) is 24.3 Å². The van der Waals surface area contributed by atoms with Crippen LogP contribution in [0, 0.1) is 17.7 Å². The van der Waals surface area contributed by atoms with E-state index >= 15 is 0 Å². The fraction of sp³-hybridized carbons (Fsp3) is 0.625. The van der Waals surface area contributed by atoms with Gasteiger partial charge in [0.15, 0.2) is 0 Å². The Morgan fingerprint density at radius 1 is 0.968 bits per heavy atom. The van der Waals surface area contributed by atoms with E-state index in [0.717, 1.165) is 38.5 Å². The molecule has 1 aromatic rings.